The number of benzene rings is 1. The van der Waals surface area contributed by atoms with Gasteiger partial charge in [-0.15, -0.1) is 0 Å². The molecule has 6 heteroatoms. The predicted octanol–water partition coefficient (Wildman–Crippen LogP) is 3.11. The molecule has 1 aliphatic carbocycles. The largest absolute Gasteiger partial charge is 0.448 e. The number of carbonyl (C=O) groups excluding carboxylic acids is 2. The molecule has 0 radical (unpaired) electrons. The van der Waals surface area contributed by atoms with E-state index < -0.39 is 12.1 Å². The first kappa shape index (κ1) is 15.9. The fraction of sp³-hybridized carbons (Fsp3) is 0.421. The van der Waals surface area contributed by atoms with Crippen LogP contribution in [-0.2, 0) is 16.0 Å². The number of anilines is 1. The lowest BCUT2D eigenvalue weighted by Crippen LogP contribution is -2.38. The van der Waals surface area contributed by atoms with Crippen molar-refractivity contribution < 1.29 is 14.3 Å². The molecule has 0 unspecified atom stereocenters. The molecule has 2 heterocycles. The minimum atomic E-state index is -0.808. The van der Waals surface area contributed by atoms with Crippen LogP contribution in [0.4, 0.5) is 5.82 Å². The van der Waals surface area contributed by atoms with Crippen LogP contribution in [0.3, 0.4) is 0 Å². The molecule has 1 N–H and O–H groups in total. The van der Waals surface area contributed by atoms with E-state index in [1.54, 1.807) is 24.4 Å². The van der Waals surface area contributed by atoms with Crippen molar-refractivity contribution in [3.05, 3.63) is 47.7 Å². The molecular formula is C19H21N3O3. The van der Waals surface area contributed by atoms with Gasteiger partial charge in [-0.05, 0) is 24.5 Å². The summed E-state index contributed by atoms with van der Waals surface area (Å²) < 4.78 is 7.23. The highest BCUT2D eigenvalue weighted by atomic mass is 16.5. The van der Waals surface area contributed by atoms with Crippen LogP contribution in [-0.4, -0.2) is 27.8 Å². The summed E-state index contributed by atoms with van der Waals surface area (Å²) >= 11 is 0. The van der Waals surface area contributed by atoms with E-state index in [0.29, 0.717) is 23.8 Å². The van der Waals surface area contributed by atoms with E-state index in [1.807, 2.05) is 16.8 Å². The molecule has 1 saturated carbocycles. The Hall–Kier alpha value is -2.63. The number of hydrogen-bond donors (Lipinski definition) is 1. The van der Waals surface area contributed by atoms with Crippen LogP contribution < -0.4 is 5.32 Å². The van der Waals surface area contributed by atoms with Gasteiger partial charge in [-0.25, -0.2) is 9.48 Å². The zero-order valence-corrected chi connectivity index (χ0v) is 14.0. The number of cyclic esters (lactones) is 1. The molecule has 0 saturated heterocycles. The summed E-state index contributed by atoms with van der Waals surface area (Å²) in [5.74, 6) is -0.0741. The summed E-state index contributed by atoms with van der Waals surface area (Å²) in [7, 11) is 0. The molecule has 2 aliphatic rings. The summed E-state index contributed by atoms with van der Waals surface area (Å²) in [5, 5.41) is 7.28. The van der Waals surface area contributed by atoms with E-state index in [-0.39, 0.29) is 5.91 Å². The van der Waals surface area contributed by atoms with Gasteiger partial charge in [0.2, 0.25) is 0 Å². The second-order valence-electron chi connectivity index (χ2n) is 6.70. The summed E-state index contributed by atoms with van der Waals surface area (Å²) in [5.41, 5.74) is 1.39. The van der Waals surface area contributed by atoms with E-state index in [4.69, 9.17) is 4.74 Å². The van der Waals surface area contributed by atoms with Crippen molar-refractivity contribution in [1.29, 1.82) is 0 Å². The maximum Gasteiger partial charge on any atom is 0.339 e. The molecule has 1 aromatic heterocycles. The van der Waals surface area contributed by atoms with Gasteiger partial charge in [0.15, 0.2) is 6.10 Å². The van der Waals surface area contributed by atoms with Gasteiger partial charge < -0.3 is 10.1 Å². The van der Waals surface area contributed by atoms with Gasteiger partial charge in [-0.1, -0.05) is 37.5 Å². The fourth-order valence-electron chi connectivity index (χ4n) is 3.71. The molecule has 6 nitrogen and oxygen atoms in total. The summed E-state index contributed by atoms with van der Waals surface area (Å²) in [6.45, 7) is 0. The number of fused-ring (bicyclic) bond motifs is 1. The highest BCUT2D eigenvalue weighted by molar-refractivity contribution is 5.99. The number of rotatable bonds is 3. The van der Waals surface area contributed by atoms with Gasteiger partial charge in [0.05, 0.1) is 17.8 Å². The van der Waals surface area contributed by atoms with Crippen molar-refractivity contribution in [1.82, 2.24) is 9.78 Å². The fourth-order valence-corrected chi connectivity index (χ4v) is 3.71. The second-order valence-corrected chi connectivity index (χ2v) is 6.70. The lowest BCUT2D eigenvalue weighted by molar-refractivity contribution is -0.125. The third-order valence-corrected chi connectivity index (χ3v) is 5.03. The molecular weight excluding hydrogens is 318 g/mol. The van der Waals surface area contributed by atoms with Crippen molar-refractivity contribution in [2.24, 2.45) is 0 Å². The lowest BCUT2D eigenvalue weighted by Gasteiger charge is -2.26. The van der Waals surface area contributed by atoms with E-state index in [9.17, 15) is 9.59 Å². The molecule has 1 aromatic carbocycles. The third-order valence-electron chi connectivity index (χ3n) is 5.03. The first-order valence-electron chi connectivity index (χ1n) is 8.85. The van der Waals surface area contributed by atoms with Gasteiger partial charge in [0.1, 0.15) is 5.82 Å². The molecule has 0 spiro atoms. The topological polar surface area (TPSA) is 73.2 Å². The summed E-state index contributed by atoms with van der Waals surface area (Å²) in [4.78, 5) is 24.7. The SMILES string of the molecule is O=C1O[C@H](C(=O)Nc2ccnn2C2CCCCC2)Cc2ccccc21. The number of carbonyl (C=O) groups is 2. The third kappa shape index (κ3) is 3.16. The minimum absolute atomic E-state index is 0.305. The quantitative estimate of drug-likeness (QED) is 0.872. The van der Waals surface area contributed by atoms with E-state index in [1.165, 1.54) is 19.3 Å². The van der Waals surface area contributed by atoms with Crippen LogP contribution >= 0.6 is 0 Å². The smallest absolute Gasteiger partial charge is 0.339 e. The Labute approximate surface area is 146 Å². The first-order valence-corrected chi connectivity index (χ1v) is 8.85. The van der Waals surface area contributed by atoms with Gasteiger partial charge in [0, 0.05) is 12.5 Å². The highest BCUT2D eigenvalue weighted by Gasteiger charge is 2.31. The molecule has 4 rings (SSSR count). The highest BCUT2D eigenvalue weighted by Crippen LogP contribution is 2.30. The average molecular weight is 339 g/mol. The van der Waals surface area contributed by atoms with Gasteiger partial charge in [0.25, 0.3) is 5.91 Å². The minimum Gasteiger partial charge on any atom is -0.448 e. The molecule has 25 heavy (non-hydrogen) atoms. The molecule has 130 valence electrons. The van der Waals surface area contributed by atoms with Crippen molar-refractivity contribution in [3.8, 4) is 0 Å². The van der Waals surface area contributed by atoms with Crippen LogP contribution in [0, 0.1) is 0 Å². The number of amides is 1. The Balaban J connectivity index is 1.48. The monoisotopic (exact) mass is 339 g/mol. The number of ether oxygens (including phenoxy) is 1. The first-order chi connectivity index (χ1) is 12.2. The Bertz CT molecular complexity index is 793. The Morgan fingerprint density at radius 1 is 1.16 bits per heavy atom. The van der Waals surface area contributed by atoms with Gasteiger partial charge in [-0.2, -0.15) is 5.10 Å². The van der Waals surface area contributed by atoms with Crippen LogP contribution in [0.5, 0.6) is 0 Å². The van der Waals surface area contributed by atoms with Crippen LogP contribution in [0.1, 0.15) is 54.1 Å². The molecule has 1 amide bonds. The zero-order valence-electron chi connectivity index (χ0n) is 14.0. The number of nitrogens with zero attached hydrogens (tertiary/aromatic N) is 2. The van der Waals surface area contributed by atoms with E-state index in [2.05, 4.69) is 10.4 Å². The van der Waals surface area contributed by atoms with Crippen molar-refractivity contribution in [2.75, 3.05) is 5.32 Å². The van der Waals surface area contributed by atoms with E-state index >= 15 is 0 Å². The number of hydrogen-bond acceptors (Lipinski definition) is 4. The maximum absolute atomic E-state index is 12.6. The molecule has 1 atom stereocenters. The number of esters is 1. The second kappa shape index (κ2) is 6.70. The Morgan fingerprint density at radius 3 is 2.80 bits per heavy atom. The van der Waals surface area contributed by atoms with E-state index in [0.717, 1.165) is 18.4 Å². The van der Waals surface area contributed by atoms with Crippen molar-refractivity contribution in [3.63, 3.8) is 0 Å². The zero-order chi connectivity index (χ0) is 17.2. The van der Waals surface area contributed by atoms with Crippen LogP contribution in [0.25, 0.3) is 0 Å². The van der Waals surface area contributed by atoms with Gasteiger partial charge in [-0.3, -0.25) is 4.79 Å². The Kier molecular flexibility index (Phi) is 4.26. The molecule has 1 aliphatic heterocycles. The predicted molar refractivity (Wildman–Crippen MR) is 92.3 cm³/mol. The number of aromatic nitrogens is 2. The molecule has 2 aromatic rings. The lowest BCUT2D eigenvalue weighted by atomic mass is 9.96. The summed E-state index contributed by atoms with van der Waals surface area (Å²) in [6.07, 6.45) is 7.09. The van der Waals surface area contributed by atoms with Crippen LogP contribution in [0.2, 0.25) is 0 Å². The Morgan fingerprint density at radius 2 is 1.96 bits per heavy atom. The maximum atomic E-state index is 12.6. The van der Waals surface area contributed by atoms with Crippen molar-refractivity contribution >= 4 is 17.7 Å². The van der Waals surface area contributed by atoms with Crippen LogP contribution in [0.15, 0.2) is 36.5 Å². The summed E-state index contributed by atoms with van der Waals surface area (Å²) in [6, 6.07) is 9.37. The van der Waals surface area contributed by atoms with Crippen molar-refractivity contribution in [2.45, 2.75) is 50.7 Å². The van der Waals surface area contributed by atoms with Gasteiger partial charge >= 0.3 is 5.97 Å². The standard InChI is InChI=1S/C19H21N3O3/c23-18(16-12-13-6-4-5-9-15(13)19(24)25-16)21-17-10-11-20-22(17)14-7-2-1-3-8-14/h4-6,9-11,14,16H,1-3,7-8,12H2,(H,21,23)/t16-/m0/s1. The molecule has 1 fully saturated rings. The average Bonchev–Trinajstić information content (AvgIpc) is 3.10. The number of nitrogens with one attached hydrogen (secondary N) is 1. The normalized spacial score (nSPS) is 20.6. The molecule has 0 bridgehead atoms.